The van der Waals surface area contributed by atoms with E-state index in [9.17, 15) is 26.4 Å². The average Bonchev–Trinajstić information content (AvgIpc) is 2.70. The molecule has 0 amide bonds. The summed E-state index contributed by atoms with van der Waals surface area (Å²) >= 11 is 0. The Morgan fingerprint density at radius 2 is 0.857 bits per heavy atom. The molecule has 0 atom stereocenters. The van der Waals surface area contributed by atoms with Crippen LogP contribution in [0.5, 0.6) is 0 Å². The van der Waals surface area contributed by atoms with Gasteiger partial charge in [0.15, 0.2) is 31.2 Å². The maximum absolute atomic E-state index is 12.1. The topological polar surface area (TPSA) is 102 Å². The van der Waals surface area contributed by atoms with Gasteiger partial charge < -0.3 is 0 Å². The number of hydrogen-bond acceptors (Lipinski definition) is 6. The molecule has 0 aliphatic heterocycles. The average molecular weight is 423 g/mol. The Hall–Kier alpha value is -2.32. The Morgan fingerprint density at radius 3 is 1.18 bits per heavy atom. The number of benzene rings is 2. The first-order valence-corrected chi connectivity index (χ1v) is 12.4. The molecule has 0 unspecified atom stereocenters. The molecule has 0 aliphatic carbocycles. The maximum Gasteiger partial charge on any atom is 0.163 e. The van der Waals surface area contributed by atoms with Crippen molar-refractivity contribution < 1.29 is 26.4 Å². The summed E-state index contributed by atoms with van der Waals surface area (Å²) in [6.45, 7) is 0. The Kier molecular flexibility index (Phi) is 7.65. The Bertz CT molecular complexity index is 925. The van der Waals surface area contributed by atoms with E-state index in [1.54, 1.807) is 60.7 Å². The minimum atomic E-state index is -3.69. The van der Waals surface area contributed by atoms with Crippen molar-refractivity contribution in [1.82, 2.24) is 0 Å². The van der Waals surface area contributed by atoms with E-state index in [1.165, 1.54) is 0 Å². The Labute approximate surface area is 165 Å². The molecular formula is C20H22O6S2. The van der Waals surface area contributed by atoms with Gasteiger partial charge in [0.2, 0.25) is 0 Å². The van der Waals surface area contributed by atoms with Gasteiger partial charge in [-0.3, -0.25) is 9.59 Å². The highest BCUT2D eigenvalue weighted by atomic mass is 32.2. The lowest BCUT2D eigenvalue weighted by Gasteiger charge is -2.06. The number of sulfone groups is 2. The van der Waals surface area contributed by atoms with Crippen LogP contribution in [0.2, 0.25) is 0 Å². The van der Waals surface area contributed by atoms with Crippen molar-refractivity contribution in [3.8, 4) is 0 Å². The van der Waals surface area contributed by atoms with Crippen LogP contribution in [0, 0.1) is 0 Å². The summed E-state index contributed by atoms with van der Waals surface area (Å²) < 4.78 is 48.4. The zero-order valence-electron chi connectivity index (χ0n) is 15.3. The predicted molar refractivity (Wildman–Crippen MR) is 108 cm³/mol. The third kappa shape index (κ3) is 7.36. The summed E-state index contributed by atoms with van der Waals surface area (Å²) in [5.74, 6) is -2.53. The van der Waals surface area contributed by atoms with E-state index in [4.69, 9.17) is 0 Å². The van der Waals surface area contributed by atoms with Crippen molar-refractivity contribution in [3.63, 3.8) is 0 Å². The summed E-state index contributed by atoms with van der Waals surface area (Å²) in [7, 11) is -7.39. The lowest BCUT2D eigenvalue weighted by Crippen LogP contribution is -2.23. The summed E-state index contributed by atoms with van der Waals surface area (Å²) in [5.41, 5.74) is 0.842. The van der Waals surface area contributed by atoms with E-state index in [-0.39, 0.29) is 24.4 Å². The molecule has 2 aromatic rings. The third-order valence-electron chi connectivity index (χ3n) is 4.18. The first-order valence-electron chi connectivity index (χ1n) is 8.76. The van der Waals surface area contributed by atoms with Gasteiger partial charge in [-0.25, -0.2) is 16.8 Å². The van der Waals surface area contributed by atoms with Gasteiger partial charge in [-0.2, -0.15) is 0 Å². The normalized spacial score (nSPS) is 11.9. The maximum atomic E-state index is 12.1. The number of rotatable bonds is 11. The number of hydrogen-bond donors (Lipinski definition) is 0. The second-order valence-electron chi connectivity index (χ2n) is 6.38. The van der Waals surface area contributed by atoms with E-state index >= 15 is 0 Å². The van der Waals surface area contributed by atoms with Crippen LogP contribution in [0.25, 0.3) is 0 Å². The van der Waals surface area contributed by atoms with Crippen LogP contribution in [0.4, 0.5) is 0 Å². The summed E-state index contributed by atoms with van der Waals surface area (Å²) in [5, 5.41) is 0. The van der Waals surface area contributed by atoms with Crippen molar-refractivity contribution in [1.29, 1.82) is 0 Å². The van der Waals surface area contributed by atoms with Crippen molar-refractivity contribution in [3.05, 3.63) is 71.8 Å². The highest BCUT2D eigenvalue weighted by Crippen LogP contribution is 2.08. The van der Waals surface area contributed by atoms with E-state index in [0.29, 0.717) is 11.1 Å². The number of Topliss-reactive ketones (excluding diaryl/α,β-unsaturated/α-hetero) is 2. The molecule has 0 radical (unpaired) electrons. The standard InChI is InChI=1S/C20H22O6S2/c21-19(17-7-3-1-4-8-17)11-13-27(23,24)15-16-28(25,26)14-12-20(22)18-9-5-2-6-10-18/h1-10H,11-16H2. The van der Waals surface area contributed by atoms with Gasteiger partial charge in [-0.15, -0.1) is 0 Å². The molecule has 0 saturated heterocycles. The fourth-order valence-electron chi connectivity index (χ4n) is 2.49. The molecule has 0 aromatic heterocycles. The molecule has 2 rings (SSSR count). The third-order valence-corrected chi connectivity index (χ3v) is 7.74. The van der Waals surface area contributed by atoms with Crippen molar-refractivity contribution >= 4 is 31.2 Å². The molecule has 0 fully saturated rings. The highest BCUT2D eigenvalue weighted by molar-refractivity contribution is 7.95. The quantitative estimate of drug-likeness (QED) is 0.515. The lowest BCUT2D eigenvalue weighted by atomic mass is 10.1. The van der Waals surface area contributed by atoms with Crippen LogP contribution in [-0.4, -0.2) is 51.4 Å². The Balaban J connectivity index is 1.82. The zero-order chi connectivity index (χ0) is 20.6. The van der Waals surface area contributed by atoms with Gasteiger partial charge in [0.25, 0.3) is 0 Å². The largest absolute Gasteiger partial charge is 0.294 e. The molecule has 150 valence electrons. The van der Waals surface area contributed by atoms with Crippen molar-refractivity contribution in [2.45, 2.75) is 12.8 Å². The van der Waals surface area contributed by atoms with Crippen LogP contribution in [0.1, 0.15) is 33.6 Å². The van der Waals surface area contributed by atoms with Crippen LogP contribution in [-0.2, 0) is 19.7 Å². The van der Waals surface area contributed by atoms with Gasteiger partial charge >= 0.3 is 0 Å². The monoisotopic (exact) mass is 422 g/mol. The van der Waals surface area contributed by atoms with E-state index < -0.39 is 42.7 Å². The summed E-state index contributed by atoms with van der Waals surface area (Å²) in [6, 6.07) is 16.6. The zero-order valence-corrected chi connectivity index (χ0v) is 16.9. The smallest absolute Gasteiger partial charge is 0.163 e. The second kappa shape index (κ2) is 9.75. The summed E-state index contributed by atoms with van der Waals surface area (Å²) in [4.78, 5) is 24.0. The van der Waals surface area contributed by atoms with Crippen molar-refractivity contribution in [2.24, 2.45) is 0 Å². The lowest BCUT2D eigenvalue weighted by molar-refractivity contribution is 0.0981. The first kappa shape index (κ1) is 22.0. The molecule has 8 heteroatoms. The molecule has 0 N–H and O–H groups in total. The van der Waals surface area contributed by atoms with Crippen LogP contribution >= 0.6 is 0 Å². The minimum absolute atomic E-state index is 0.196. The molecule has 6 nitrogen and oxygen atoms in total. The molecule has 0 spiro atoms. The number of carbonyl (C=O) groups is 2. The number of carbonyl (C=O) groups excluding carboxylic acids is 2. The van der Waals surface area contributed by atoms with Gasteiger partial charge in [-0.1, -0.05) is 60.7 Å². The van der Waals surface area contributed by atoms with E-state index in [2.05, 4.69) is 0 Å². The van der Waals surface area contributed by atoms with Gasteiger partial charge in [-0.05, 0) is 0 Å². The molecule has 0 bridgehead atoms. The van der Waals surface area contributed by atoms with Gasteiger partial charge in [0.05, 0.1) is 23.0 Å². The molecule has 0 heterocycles. The summed E-state index contributed by atoms with van der Waals surface area (Å²) in [6.07, 6.45) is -0.391. The van der Waals surface area contributed by atoms with Crippen LogP contribution in [0.3, 0.4) is 0 Å². The molecule has 0 aliphatic rings. The highest BCUT2D eigenvalue weighted by Gasteiger charge is 2.20. The van der Waals surface area contributed by atoms with E-state index in [1.807, 2.05) is 0 Å². The van der Waals surface area contributed by atoms with E-state index in [0.717, 1.165) is 0 Å². The minimum Gasteiger partial charge on any atom is -0.294 e. The molecule has 2 aromatic carbocycles. The van der Waals surface area contributed by atoms with Crippen molar-refractivity contribution in [2.75, 3.05) is 23.0 Å². The SMILES string of the molecule is O=C(CCS(=O)(=O)CCS(=O)(=O)CCC(=O)c1ccccc1)c1ccccc1. The Morgan fingerprint density at radius 1 is 0.536 bits per heavy atom. The number of ketones is 2. The molecular weight excluding hydrogens is 400 g/mol. The second-order valence-corrected chi connectivity index (χ2v) is 11.0. The first-order chi connectivity index (χ1) is 13.2. The van der Waals surface area contributed by atoms with Crippen LogP contribution in [0.15, 0.2) is 60.7 Å². The van der Waals surface area contributed by atoms with Gasteiger partial charge in [0.1, 0.15) is 0 Å². The fourth-order valence-corrected chi connectivity index (χ4v) is 5.92. The van der Waals surface area contributed by atoms with Gasteiger partial charge in [0, 0.05) is 24.0 Å². The van der Waals surface area contributed by atoms with Crippen LogP contribution < -0.4 is 0 Å². The molecule has 28 heavy (non-hydrogen) atoms. The fraction of sp³-hybridized carbons (Fsp3) is 0.300. The predicted octanol–water partition coefficient (Wildman–Crippen LogP) is 2.36. The molecule has 0 saturated carbocycles.